The van der Waals surface area contributed by atoms with Crippen LogP contribution in [0.15, 0.2) is 0 Å². The van der Waals surface area contributed by atoms with E-state index in [1.54, 1.807) is 0 Å². The first-order valence-electron chi connectivity index (χ1n) is 8.38. The van der Waals surface area contributed by atoms with Crippen LogP contribution in [0.3, 0.4) is 0 Å². The number of fused-ring (bicyclic) bond motifs is 2. The maximum Gasteiger partial charge on any atom is 0.407 e. The average molecular weight is 281 g/mol. The zero-order valence-corrected chi connectivity index (χ0v) is 13.6. The van der Waals surface area contributed by atoms with Gasteiger partial charge in [0.2, 0.25) is 0 Å². The van der Waals surface area contributed by atoms with Crippen molar-refractivity contribution in [1.29, 1.82) is 0 Å². The van der Waals surface area contributed by atoms with Crippen molar-refractivity contribution in [3.05, 3.63) is 0 Å². The lowest BCUT2D eigenvalue weighted by Gasteiger charge is -2.46. The molecule has 0 saturated heterocycles. The number of alkyl carbamates (subject to hydrolysis) is 1. The summed E-state index contributed by atoms with van der Waals surface area (Å²) in [5, 5.41) is 3.11. The van der Waals surface area contributed by atoms with Crippen LogP contribution in [0.1, 0.15) is 72.6 Å². The Balaban J connectivity index is 1.88. The van der Waals surface area contributed by atoms with Gasteiger partial charge in [0, 0.05) is 6.04 Å². The Morgan fingerprint density at radius 2 is 1.80 bits per heavy atom. The molecule has 2 rings (SSSR count). The summed E-state index contributed by atoms with van der Waals surface area (Å²) in [6.07, 6.45) is 8.82. The molecule has 116 valence electrons. The molecule has 1 N–H and O–H groups in total. The van der Waals surface area contributed by atoms with Crippen LogP contribution in [0.25, 0.3) is 0 Å². The van der Waals surface area contributed by atoms with Gasteiger partial charge in [0.1, 0.15) is 5.60 Å². The van der Waals surface area contributed by atoms with E-state index in [-0.39, 0.29) is 6.09 Å². The zero-order chi connectivity index (χ0) is 14.8. The second kappa shape index (κ2) is 6.36. The van der Waals surface area contributed by atoms with E-state index in [9.17, 15) is 4.79 Å². The quantitative estimate of drug-likeness (QED) is 0.826. The van der Waals surface area contributed by atoms with Gasteiger partial charge in [-0.25, -0.2) is 4.79 Å². The Bertz CT molecular complexity index is 320. The predicted molar refractivity (Wildman–Crippen MR) is 81.6 cm³/mol. The number of carbonyl (C=O) groups is 1. The summed E-state index contributed by atoms with van der Waals surface area (Å²) in [6.45, 7) is 8.04. The Morgan fingerprint density at radius 3 is 2.30 bits per heavy atom. The number of nitrogens with one attached hydrogen (secondary N) is 1. The first-order valence-corrected chi connectivity index (χ1v) is 8.38. The molecule has 0 aromatic heterocycles. The molecule has 2 saturated carbocycles. The molecular weight excluding hydrogens is 250 g/mol. The Labute approximate surface area is 123 Å². The van der Waals surface area contributed by atoms with Crippen molar-refractivity contribution < 1.29 is 9.53 Å². The largest absolute Gasteiger partial charge is 0.444 e. The molecule has 3 heteroatoms. The summed E-state index contributed by atoms with van der Waals surface area (Å²) >= 11 is 0. The van der Waals surface area contributed by atoms with Crippen LogP contribution in [-0.2, 0) is 4.74 Å². The molecular formula is C17H31NO2. The zero-order valence-electron chi connectivity index (χ0n) is 13.6. The highest BCUT2D eigenvalue weighted by molar-refractivity contribution is 5.68. The molecule has 0 aromatic rings. The van der Waals surface area contributed by atoms with E-state index in [1.165, 1.54) is 32.1 Å². The van der Waals surface area contributed by atoms with Gasteiger partial charge in [-0.3, -0.25) is 0 Å². The minimum Gasteiger partial charge on any atom is -0.444 e. The van der Waals surface area contributed by atoms with E-state index in [0.29, 0.717) is 6.04 Å². The van der Waals surface area contributed by atoms with Crippen LogP contribution >= 0.6 is 0 Å². The van der Waals surface area contributed by atoms with Crippen LogP contribution in [0.4, 0.5) is 4.79 Å². The van der Waals surface area contributed by atoms with E-state index in [0.717, 1.165) is 30.6 Å². The third kappa shape index (κ3) is 4.13. The lowest BCUT2D eigenvalue weighted by atomic mass is 9.62. The molecule has 2 atom stereocenters. The number of ether oxygens (including phenoxy) is 1. The molecule has 0 radical (unpaired) electrons. The van der Waals surface area contributed by atoms with Gasteiger partial charge in [-0.2, -0.15) is 0 Å². The first kappa shape index (κ1) is 15.7. The molecule has 1 amide bonds. The van der Waals surface area contributed by atoms with Gasteiger partial charge in [-0.1, -0.05) is 39.0 Å². The van der Waals surface area contributed by atoms with Gasteiger partial charge < -0.3 is 10.1 Å². The summed E-state index contributed by atoms with van der Waals surface area (Å²) in [4.78, 5) is 11.9. The van der Waals surface area contributed by atoms with Crippen LogP contribution in [-0.4, -0.2) is 17.7 Å². The standard InChI is InChI=1S/C17H31NO2/c1-5-7-15-12-8-6-9-13(15)11-14(10-12)18-16(19)20-17(2,3)4/h12-15H,5-11H2,1-4H3,(H,18,19). The molecule has 2 fully saturated rings. The highest BCUT2D eigenvalue weighted by atomic mass is 16.6. The summed E-state index contributed by atoms with van der Waals surface area (Å²) in [5.41, 5.74) is -0.403. The molecule has 2 aliphatic rings. The van der Waals surface area contributed by atoms with E-state index in [1.807, 2.05) is 20.8 Å². The number of rotatable bonds is 3. The fourth-order valence-corrected chi connectivity index (χ4v) is 4.26. The monoisotopic (exact) mass is 281 g/mol. The Morgan fingerprint density at radius 1 is 1.20 bits per heavy atom. The molecule has 2 unspecified atom stereocenters. The van der Waals surface area contributed by atoms with E-state index in [2.05, 4.69) is 12.2 Å². The molecule has 20 heavy (non-hydrogen) atoms. The van der Waals surface area contributed by atoms with Crippen molar-refractivity contribution in [2.45, 2.75) is 84.3 Å². The second-order valence-electron chi connectivity index (χ2n) is 7.72. The van der Waals surface area contributed by atoms with Crippen LogP contribution in [0.5, 0.6) is 0 Å². The van der Waals surface area contributed by atoms with Crippen molar-refractivity contribution in [3.63, 3.8) is 0 Å². The first-order chi connectivity index (χ1) is 9.39. The third-order valence-corrected chi connectivity index (χ3v) is 4.88. The highest BCUT2D eigenvalue weighted by Crippen LogP contribution is 2.46. The van der Waals surface area contributed by atoms with Crippen molar-refractivity contribution >= 4 is 6.09 Å². The minimum atomic E-state index is -0.403. The molecule has 0 spiro atoms. The summed E-state index contributed by atoms with van der Waals surface area (Å²) in [6, 6.07) is 0.327. The SMILES string of the molecule is CCCC1C2CCCC1CC(NC(=O)OC(C)(C)C)C2. The average Bonchev–Trinajstić information content (AvgIpc) is 2.27. The molecule has 2 bridgehead atoms. The molecule has 0 heterocycles. The second-order valence-corrected chi connectivity index (χ2v) is 7.72. The molecule has 3 nitrogen and oxygen atoms in total. The molecule has 0 aliphatic heterocycles. The summed E-state index contributed by atoms with van der Waals surface area (Å²) in [7, 11) is 0. The van der Waals surface area contributed by atoms with Gasteiger partial charge >= 0.3 is 6.09 Å². The normalized spacial score (nSPS) is 33.6. The van der Waals surface area contributed by atoms with E-state index >= 15 is 0 Å². The minimum absolute atomic E-state index is 0.241. The van der Waals surface area contributed by atoms with Crippen LogP contribution in [0.2, 0.25) is 0 Å². The third-order valence-electron chi connectivity index (χ3n) is 4.88. The molecule has 0 aromatic carbocycles. The number of carbonyl (C=O) groups excluding carboxylic acids is 1. The Kier molecular flexibility index (Phi) is 4.98. The smallest absolute Gasteiger partial charge is 0.407 e. The summed E-state index contributed by atoms with van der Waals surface area (Å²) < 4.78 is 5.39. The van der Waals surface area contributed by atoms with Gasteiger partial charge in [0.05, 0.1) is 0 Å². The highest BCUT2D eigenvalue weighted by Gasteiger charge is 2.40. The maximum atomic E-state index is 11.9. The number of amides is 1. The lowest BCUT2D eigenvalue weighted by Crippen LogP contribution is -2.47. The number of hydrogen-bond acceptors (Lipinski definition) is 2. The van der Waals surface area contributed by atoms with Gasteiger partial charge in [-0.05, 0) is 51.4 Å². The number of hydrogen-bond donors (Lipinski definition) is 1. The van der Waals surface area contributed by atoms with Crippen molar-refractivity contribution in [2.75, 3.05) is 0 Å². The van der Waals surface area contributed by atoms with Crippen molar-refractivity contribution in [2.24, 2.45) is 17.8 Å². The van der Waals surface area contributed by atoms with Gasteiger partial charge in [-0.15, -0.1) is 0 Å². The fourth-order valence-electron chi connectivity index (χ4n) is 4.26. The van der Waals surface area contributed by atoms with Gasteiger partial charge in [0.25, 0.3) is 0 Å². The van der Waals surface area contributed by atoms with Crippen molar-refractivity contribution in [1.82, 2.24) is 5.32 Å². The summed E-state index contributed by atoms with van der Waals surface area (Å²) in [5.74, 6) is 2.55. The predicted octanol–water partition coefficient (Wildman–Crippen LogP) is 4.51. The van der Waals surface area contributed by atoms with Crippen molar-refractivity contribution in [3.8, 4) is 0 Å². The van der Waals surface area contributed by atoms with Crippen LogP contribution in [0, 0.1) is 17.8 Å². The topological polar surface area (TPSA) is 38.3 Å². The maximum absolute atomic E-state index is 11.9. The lowest BCUT2D eigenvalue weighted by molar-refractivity contribution is 0.0338. The fraction of sp³-hybridized carbons (Fsp3) is 0.941. The van der Waals surface area contributed by atoms with E-state index < -0.39 is 5.60 Å². The van der Waals surface area contributed by atoms with E-state index in [4.69, 9.17) is 4.74 Å². The van der Waals surface area contributed by atoms with Gasteiger partial charge in [0.15, 0.2) is 0 Å². The molecule has 2 aliphatic carbocycles. The Hall–Kier alpha value is -0.730. The van der Waals surface area contributed by atoms with Crippen LogP contribution < -0.4 is 5.32 Å².